The van der Waals surface area contributed by atoms with E-state index in [0.29, 0.717) is 15.8 Å². The van der Waals surface area contributed by atoms with Crippen molar-refractivity contribution >= 4 is 40.2 Å². The van der Waals surface area contributed by atoms with Gasteiger partial charge in [-0.2, -0.15) is 5.10 Å². The summed E-state index contributed by atoms with van der Waals surface area (Å²) in [6.45, 7) is 5.70. The van der Waals surface area contributed by atoms with Crippen molar-refractivity contribution in [1.82, 2.24) is 14.8 Å². The van der Waals surface area contributed by atoms with Gasteiger partial charge in [0.1, 0.15) is 11.9 Å². The monoisotopic (exact) mass is 347 g/mol. The molecule has 0 aliphatic rings. The van der Waals surface area contributed by atoms with Crippen molar-refractivity contribution in [3.8, 4) is 5.75 Å². The van der Waals surface area contributed by atoms with Gasteiger partial charge in [0.15, 0.2) is 0 Å². The van der Waals surface area contributed by atoms with Crippen LogP contribution >= 0.6 is 23.2 Å². The maximum Gasteiger partial charge on any atom is 0.124 e. The Morgan fingerprint density at radius 3 is 2.61 bits per heavy atom. The molecule has 4 nitrogen and oxygen atoms in total. The number of fused-ring (bicyclic) bond motifs is 1. The van der Waals surface area contributed by atoms with Crippen molar-refractivity contribution in [1.29, 1.82) is 0 Å². The number of hydrogen-bond acceptors (Lipinski definition) is 3. The Bertz CT molecular complexity index is 869. The molecule has 2 aromatic heterocycles. The van der Waals surface area contributed by atoms with Crippen molar-refractivity contribution in [2.24, 2.45) is 7.05 Å². The summed E-state index contributed by atoms with van der Waals surface area (Å²) in [5.74, 6) is 0.713. The van der Waals surface area contributed by atoms with Crippen LogP contribution in [-0.4, -0.2) is 14.8 Å². The maximum absolute atomic E-state index is 6.18. The molecule has 0 aliphatic carbocycles. The van der Waals surface area contributed by atoms with Gasteiger partial charge in [-0.25, -0.2) is 0 Å². The number of ether oxygens (including phenoxy) is 1. The van der Waals surface area contributed by atoms with Crippen LogP contribution in [0.25, 0.3) is 17.0 Å². The van der Waals surface area contributed by atoms with E-state index in [-0.39, 0.29) is 6.10 Å². The molecule has 0 radical (unpaired) electrons. The maximum atomic E-state index is 6.18. The standard InChI is InChI=1S/C17H15Cl2N3O/c1-4-15-12-7-11(5-6-16(12)22(3)21-15)23-10(2)17-13(18)8-20-9-14(17)19/h4-10H,1H2,2-3H3/t10-/m1/s1. The normalized spacial score (nSPS) is 12.3. The van der Waals surface area contributed by atoms with Gasteiger partial charge in [-0.1, -0.05) is 29.8 Å². The summed E-state index contributed by atoms with van der Waals surface area (Å²) in [6.07, 6.45) is 4.54. The van der Waals surface area contributed by atoms with E-state index in [1.807, 2.05) is 36.9 Å². The lowest BCUT2D eigenvalue weighted by Crippen LogP contribution is -2.05. The number of benzene rings is 1. The van der Waals surface area contributed by atoms with Crippen LogP contribution in [0.5, 0.6) is 5.75 Å². The van der Waals surface area contributed by atoms with Gasteiger partial charge >= 0.3 is 0 Å². The van der Waals surface area contributed by atoms with Gasteiger partial charge in [-0.3, -0.25) is 9.67 Å². The van der Waals surface area contributed by atoms with E-state index in [2.05, 4.69) is 16.7 Å². The molecule has 118 valence electrons. The van der Waals surface area contributed by atoms with Crippen LogP contribution < -0.4 is 4.74 Å². The summed E-state index contributed by atoms with van der Waals surface area (Å²) in [5, 5.41) is 6.36. The van der Waals surface area contributed by atoms with Gasteiger partial charge in [-0.15, -0.1) is 0 Å². The first-order valence-corrected chi connectivity index (χ1v) is 7.81. The van der Waals surface area contributed by atoms with Crippen LogP contribution in [0.2, 0.25) is 10.0 Å². The second kappa shape index (κ2) is 6.22. The Morgan fingerprint density at radius 1 is 1.26 bits per heavy atom. The Kier molecular flexibility index (Phi) is 4.28. The molecular weight excluding hydrogens is 333 g/mol. The Hall–Kier alpha value is -2.04. The predicted molar refractivity (Wildman–Crippen MR) is 94.1 cm³/mol. The average Bonchev–Trinajstić information content (AvgIpc) is 2.83. The fourth-order valence-electron chi connectivity index (χ4n) is 2.57. The van der Waals surface area contributed by atoms with Gasteiger partial charge in [0.25, 0.3) is 0 Å². The molecule has 0 aliphatic heterocycles. The van der Waals surface area contributed by atoms with Crippen molar-refractivity contribution in [3.05, 3.63) is 58.5 Å². The number of aromatic nitrogens is 3. The van der Waals surface area contributed by atoms with Gasteiger partial charge in [0.05, 0.1) is 21.3 Å². The fraction of sp³-hybridized carbons (Fsp3) is 0.176. The molecule has 3 aromatic rings. The molecule has 1 aromatic carbocycles. The summed E-state index contributed by atoms with van der Waals surface area (Å²) in [6, 6.07) is 5.81. The molecule has 0 saturated heterocycles. The highest BCUT2D eigenvalue weighted by molar-refractivity contribution is 6.35. The molecule has 0 spiro atoms. The summed E-state index contributed by atoms with van der Waals surface area (Å²) in [4.78, 5) is 3.96. The van der Waals surface area contributed by atoms with E-state index in [1.165, 1.54) is 0 Å². The first kappa shape index (κ1) is 15.8. The number of aryl methyl sites for hydroxylation is 1. The number of hydrogen-bond donors (Lipinski definition) is 0. The third kappa shape index (κ3) is 2.92. The first-order valence-electron chi connectivity index (χ1n) is 7.06. The van der Waals surface area contributed by atoms with Crippen molar-refractivity contribution in [2.75, 3.05) is 0 Å². The van der Waals surface area contributed by atoms with Crippen LogP contribution in [0.4, 0.5) is 0 Å². The summed E-state index contributed by atoms with van der Waals surface area (Å²) >= 11 is 12.4. The average molecular weight is 348 g/mol. The highest BCUT2D eigenvalue weighted by atomic mass is 35.5. The van der Waals surface area contributed by atoms with Crippen LogP contribution in [0.3, 0.4) is 0 Å². The summed E-state index contributed by atoms with van der Waals surface area (Å²) in [7, 11) is 1.90. The Balaban J connectivity index is 1.96. The molecule has 6 heteroatoms. The van der Waals surface area contributed by atoms with E-state index >= 15 is 0 Å². The molecule has 0 unspecified atom stereocenters. The molecular formula is C17H15Cl2N3O. The van der Waals surface area contributed by atoms with Crippen molar-refractivity contribution in [2.45, 2.75) is 13.0 Å². The zero-order valence-electron chi connectivity index (χ0n) is 12.8. The summed E-state index contributed by atoms with van der Waals surface area (Å²) < 4.78 is 7.83. The molecule has 0 bridgehead atoms. The lowest BCUT2D eigenvalue weighted by molar-refractivity contribution is 0.227. The predicted octanol–water partition coefficient (Wildman–Crippen LogP) is 5.06. The highest BCUT2D eigenvalue weighted by Crippen LogP contribution is 2.33. The SMILES string of the molecule is C=Cc1nn(C)c2ccc(O[C@H](C)c3c(Cl)cncc3Cl)cc12. The lowest BCUT2D eigenvalue weighted by Gasteiger charge is -2.17. The molecule has 23 heavy (non-hydrogen) atoms. The number of nitrogens with zero attached hydrogens (tertiary/aromatic N) is 3. The van der Waals surface area contributed by atoms with E-state index < -0.39 is 0 Å². The molecule has 0 amide bonds. The van der Waals surface area contributed by atoms with E-state index in [1.54, 1.807) is 18.5 Å². The van der Waals surface area contributed by atoms with Gasteiger partial charge in [0.2, 0.25) is 0 Å². The van der Waals surface area contributed by atoms with Gasteiger partial charge in [0, 0.05) is 30.4 Å². The van der Waals surface area contributed by atoms with Crippen LogP contribution in [-0.2, 0) is 7.05 Å². The Labute approximate surface area is 144 Å². The minimum Gasteiger partial charge on any atom is -0.486 e. The minimum absolute atomic E-state index is 0.306. The quantitative estimate of drug-likeness (QED) is 0.662. The Morgan fingerprint density at radius 2 is 1.96 bits per heavy atom. The van der Waals surface area contributed by atoms with Crippen LogP contribution in [0, 0.1) is 0 Å². The number of rotatable bonds is 4. The number of halogens is 2. The van der Waals surface area contributed by atoms with E-state index in [9.17, 15) is 0 Å². The van der Waals surface area contributed by atoms with Gasteiger partial charge < -0.3 is 4.74 Å². The molecule has 0 saturated carbocycles. The van der Waals surface area contributed by atoms with E-state index in [4.69, 9.17) is 27.9 Å². The lowest BCUT2D eigenvalue weighted by atomic mass is 10.1. The zero-order chi connectivity index (χ0) is 16.6. The molecule has 1 atom stereocenters. The van der Waals surface area contributed by atoms with Gasteiger partial charge in [-0.05, 0) is 31.2 Å². The molecule has 0 fully saturated rings. The topological polar surface area (TPSA) is 39.9 Å². The smallest absolute Gasteiger partial charge is 0.124 e. The third-order valence-electron chi connectivity index (χ3n) is 3.65. The van der Waals surface area contributed by atoms with Crippen molar-refractivity contribution in [3.63, 3.8) is 0 Å². The first-order chi connectivity index (χ1) is 11.0. The molecule has 3 rings (SSSR count). The zero-order valence-corrected chi connectivity index (χ0v) is 14.3. The highest BCUT2D eigenvalue weighted by Gasteiger charge is 2.16. The summed E-state index contributed by atoms with van der Waals surface area (Å²) in [5.41, 5.74) is 2.55. The molecule has 0 N–H and O–H groups in total. The van der Waals surface area contributed by atoms with E-state index in [0.717, 1.165) is 22.2 Å². The van der Waals surface area contributed by atoms with Crippen LogP contribution in [0.1, 0.15) is 24.3 Å². The largest absolute Gasteiger partial charge is 0.486 e. The minimum atomic E-state index is -0.306. The fourth-order valence-corrected chi connectivity index (χ4v) is 3.24. The van der Waals surface area contributed by atoms with Crippen LogP contribution in [0.15, 0.2) is 37.2 Å². The van der Waals surface area contributed by atoms with Crippen molar-refractivity contribution < 1.29 is 4.74 Å². The second-order valence-corrected chi connectivity index (χ2v) is 5.98. The third-order valence-corrected chi connectivity index (χ3v) is 4.26. The second-order valence-electron chi connectivity index (χ2n) is 5.17. The molecule has 2 heterocycles. The number of pyridine rings is 1.